The Labute approximate surface area is 148 Å². The van der Waals surface area contributed by atoms with Gasteiger partial charge in [-0.3, -0.25) is 0 Å². The number of unbranched alkanes of at least 4 members (excludes halogenated alkanes) is 1. The summed E-state index contributed by atoms with van der Waals surface area (Å²) in [6.45, 7) is 10.8. The van der Waals surface area contributed by atoms with Gasteiger partial charge in [0.2, 0.25) is 0 Å². The zero-order valence-corrected chi connectivity index (χ0v) is 16.8. The van der Waals surface area contributed by atoms with Crippen LogP contribution < -0.4 is 4.74 Å². The molecular formula is C21H31NOSi. The first kappa shape index (κ1) is 18.8. The van der Waals surface area contributed by atoms with Crippen LogP contribution in [0.5, 0.6) is 5.75 Å². The molecule has 0 aliphatic heterocycles. The number of rotatable bonds is 8. The fourth-order valence-corrected chi connectivity index (χ4v) is 5.06. The van der Waals surface area contributed by atoms with Crippen LogP contribution in [0.15, 0.2) is 54.6 Å². The van der Waals surface area contributed by atoms with Gasteiger partial charge in [0.05, 0.1) is 13.2 Å². The van der Waals surface area contributed by atoms with Gasteiger partial charge in [0.25, 0.3) is 0 Å². The molecule has 0 radical (unpaired) electrons. The first-order valence-electron chi connectivity index (χ1n) is 8.93. The Morgan fingerprint density at radius 1 is 0.917 bits per heavy atom. The highest BCUT2D eigenvalue weighted by atomic mass is 28.3. The van der Waals surface area contributed by atoms with Crippen molar-refractivity contribution in [3.05, 3.63) is 65.7 Å². The molecule has 0 heterocycles. The van der Waals surface area contributed by atoms with E-state index < -0.39 is 8.24 Å². The summed E-state index contributed by atoms with van der Waals surface area (Å²) in [6, 6.07) is 19.8. The average molecular weight is 342 g/mol. The predicted octanol–water partition coefficient (Wildman–Crippen LogP) is 5.72. The van der Waals surface area contributed by atoms with Gasteiger partial charge in [-0.1, -0.05) is 75.5 Å². The molecule has 0 aliphatic rings. The lowest BCUT2D eigenvalue weighted by Crippen LogP contribution is -2.48. The zero-order valence-electron chi connectivity index (χ0n) is 15.8. The Balaban J connectivity index is 2.47. The van der Waals surface area contributed by atoms with Gasteiger partial charge in [-0.05, 0) is 36.2 Å². The Morgan fingerprint density at radius 2 is 1.50 bits per heavy atom. The monoisotopic (exact) mass is 341 g/mol. The van der Waals surface area contributed by atoms with E-state index in [1.807, 2.05) is 0 Å². The lowest BCUT2D eigenvalue weighted by molar-refractivity contribution is 0.353. The van der Waals surface area contributed by atoms with Crippen molar-refractivity contribution in [2.24, 2.45) is 0 Å². The van der Waals surface area contributed by atoms with E-state index in [2.05, 4.69) is 85.7 Å². The van der Waals surface area contributed by atoms with Crippen molar-refractivity contribution in [1.82, 2.24) is 4.57 Å². The highest BCUT2D eigenvalue weighted by Crippen LogP contribution is 2.33. The summed E-state index contributed by atoms with van der Waals surface area (Å²) in [5.74, 6) is 0.915. The van der Waals surface area contributed by atoms with Crippen molar-refractivity contribution in [3.63, 3.8) is 0 Å². The maximum atomic E-state index is 5.34. The minimum atomic E-state index is -1.47. The Hall–Kier alpha value is -1.58. The maximum absolute atomic E-state index is 5.34. The fourth-order valence-electron chi connectivity index (χ4n) is 3.15. The second-order valence-corrected chi connectivity index (χ2v) is 12.2. The van der Waals surface area contributed by atoms with Crippen molar-refractivity contribution in [2.45, 2.75) is 45.4 Å². The normalized spacial score (nSPS) is 13.1. The molecule has 0 fully saturated rings. The van der Waals surface area contributed by atoms with Crippen LogP contribution in [0.25, 0.3) is 0 Å². The Morgan fingerprint density at radius 3 is 2.00 bits per heavy atom. The molecule has 2 aromatic carbocycles. The summed E-state index contributed by atoms with van der Waals surface area (Å²) in [5.41, 5.74) is 2.72. The number of hydrogen-bond donors (Lipinski definition) is 0. The second-order valence-electron chi connectivity index (χ2n) is 7.30. The minimum Gasteiger partial charge on any atom is -0.497 e. The van der Waals surface area contributed by atoms with Crippen LogP contribution in [0.4, 0.5) is 0 Å². The van der Waals surface area contributed by atoms with E-state index in [1.165, 1.54) is 24.0 Å². The molecule has 3 heteroatoms. The molecule has 0 bridgehead atoms. The molecule has 24 heavy (non-hydrogen) atoms. The van der Waals surface area contributed by atoms with E-state index in [1.54, 1.807) is 7.11 Å². The van der Waals surface area contributed by atoms with E-state index in [0.29, 0.717) is 6.04 Å². The minimum absolute atomic E-state index is 0.315. The van der Waals surface area contributed by atoms with Crippen LogP contribution in [-0.4, -0.2) is 26.5 Å². The van der Waals surface area contributed by atoms with Gasteiger partial charge in [-0.15, -0.1) is 0 Å². The molecule has 0 saturated carbocycles. The van der Waals surface area contributed by atoms with Crippen LogP contribution in [-0.2, 0) is 0 Å². The number of ether oxygens (including phenoxy) is 1. The predicted molar refractivity (Wildman–Crippen MR) is 106 cm³/mol. The number of hydrogen-bond acceptors (Lipinski definition) is 2. The third kappa shape index (κ3) is 4.71. The summed E-state index contributed by atoms with van der Waals surface area (Å²) in [7, 11) is 0.249. The molecule has 0 aliphatic carbocycles. The van der Waals surface area contributed by atoms with Crippen LogP contribution in [0.1, 0.15) is 36.9 Å². The summed E-state index contributed by atoms with van der Waals surface area (Å²) < 4.78 is 8.10. The summed E-state index contributed by atoms with van der Waals surface area (Å²) in [5, 5.41) is 0. The first-order chi connectivity index (χ1) is 11.5. The van der Waals surface area contributed by atoms with Crippen LogP contribution >= 0.6 is 0 Å². The largest absolute Gasteiger partial charge is 0.497 e. The van der Waals surface area contributed by atoms with E-state index in [4.69, 9.17) is 4.74 Å². The molecule has 0 N–H and O–H groups in total. The number of benzene rings is 2. The van der Waals surface area contributed by atoms with Crippen molar-refractivity contribution in [2.75, 3.05) is 13.7 Å². The van der Waals surface area contributed by atoms with E-state index >= 15 is 0 Å². The SMILES string of the molecule is CCCCN(C(c1ccccc1)c1ccc(OC)cc1)[Si](C)(C)C. The average Bonchev–Trinajstić information content (AvgIpc) is 2.58. The van der Waals surface area contributed by atoms with Crippen LogP contribution in [0.2, 0.25) is 19.6 Å². The van der Waals surface area contributed by atoms with E-state index in [0.717, 1.165) is 12.3 Å². The molecule has 0 aromatic heterocycles. The second kappa shape index (κ2) is 8.50. The number of methoxy groups -OCH3 is 1. The fraction of sp³-hybridized carbons (Fsp3) is 0.429. The molecule has 1 unspecified atom stereocenters. The van der Waals surface area contributed by atoms with Crippen molar-refractivity contribution in [3.8, 4) is 5.75 Å². The van der Waals surface area contributed by atoms with Gasteiger partial charge >= 0.3 is 0 Å². The van der Waals surface area contributed by atoms with Crippen molar-refractivity contribution >= 4 is 8.24 Å². The molecule has 2 rings (SSSR count). The van der Waals surface area contributed by atoms with E-state index in [9.17, 15) is 0 Å². The number of nitrogens with zero attached hydrogens (tertiary/aromatic N) is 1. The molecule has 1 atom stereocenters. The standard InChI is InChI=1S/C21H31NOSi/c1-6-7-17-22(24(3,4)5)21(18-11-9-8-10-12-18)19-13-15-20(23-2)16-14-19/h8-16,21H,6-7,17H2,1-5H3. The van der Waals surface area contributed by atoms with Gasteiger partial charge in [0, 0.05) is 0 Å². The smallest absolute Gasteiger partial charge is 0.120 e. The molecule has 2 aromatic rings. The Kier molecular flexibility index (Phi) is 6.64. The van der Waals surface area contributed by atoms with E-state index in [-0.39, 0.29) is 0 Å². The van der Waals surface area contributed by atoms with Gasteiger partial charge in [0.15, 0.2) is 0 Å². The molecule has 0 spiro atoms. The van der Waals surface area contributed by atoms with Crippen molar-refractivity contribution < 1.29 is 4.74 Å². The van der Waals surface area contributed by atoms with Gasteiger partial charge in [-0.2, -0.15) is 0 Å². The quantitative estimate of drug-likeness (QED) is 0.569. The third-order valence-corrected chi connectivity index (χ3v) is 6.68. The van der Waals surface area contributed by atoms with Crippen LogP contribution in [0.3, 0.4) is 0 Å². The first-order valence-corrected chi connectivity index (χ1v) is 12.4. The topological polar surface area (TPSA) is 12.5 Å². The maximum Gasteiger partial charge on any atom is 0.120 e. The van der Waals surface area contributed by atoms with Gasteiger partial charge in [-0.25, -0.2) is 0 Å². The van der Waals surface area contributed by atoms with Crippen molar-refractivity contribution in [1.29, 1.82) is 0 Å². The Bertz CT molecular complexity index is 604. The lowest BCUT2D eigenvalue weighted by Gasteiger charge is -2.41. The van der Waals surface area contributed by atoms with Crippen LogP contribution in [0, 0.1) is 0 Å². The molecular weight excluding hydrogens is 310 g/mol. The lowest BCUT2D eigenvalue weighted by atomic mass is 9.98. The van der Waals surface area contributed by atoms with Gasteiger partial charge < -0.3 is 9.30 Å². The molecule has 0 saturated heterocycles. The summed E-state index contributed by atoms with van der Waals surface area (Å²) >= 11 is 0. The molecule has 0 amide bonds. The summed E-state index contributed by atoms with van der Waals surface area (Å²) in [4.78, 5) is 0. The highest BCUT2D eigenvalue weighted by molar-refractivity contribution is 6.73. The highest BCUT2D eigenvalue weighted by Gasteiger charge is 2.32. The molecule has 2 nitrogen and oxygen atoms in total. The zero-order chi connectivity index (χ0) is 17.6. The van der Waals surface area contributed by atoms with Gasteiger partial charge in [0.1, 0.15) is 14.0 Å². The third-order valence-electron chi connectivity index (χ3n) is 4.47. The summed E-state index contributed by atoms with van der Waals surface area (Å²) in [6.07, 6.45) is 2.47. The molecule has 130 valence electrons.